The zero-order valence-electron chi connectivity index (χ0n) is 24.8. The van der Waals surface area contributed by atoms with E-state index in [1.807, 2.05) is 0 Å². The van der Waals surface area contributed by atoms with Crippen LogP contribution in [0, 0.1) is 0 Å². The molecule has 248 valence electrons. The first-order valence-electron chi connectivity index (χ1n) is 14.2. The lowest BCUT2D eigenvalue weighted by Crippen LogP contribution is -2.60. The zero-order chi connectivity index (χ0) is 33.6. The molecule has 3 rings (SSSR count). The number of aromatic amines is 1. The van der Waals surface area contributed by atoms with Gasteiger partial charge in [-0.3, -0.25) is 28.8 Å². The van der Waals surface area contributed by atoms with E-state index in [0.717, 1.165) is 27.2 Å². The van der Waals surface area contributed by atoms with Gasteiger partial charge in [-0.2, -0.15) is 0 Å². The van der Waals surface area contributed by atoms with Crippen LogP contribution in [0.1, 0.15) is 31.0 Å². The van der Waals surface area contributed by atoms with Crippen LogP contribution in [0.15, 0.2) is 42.9 Å². The maximum Gasteiger partial charge on any atom is 0.326 e. The minimum absolute atomic E-state index is 0.0385. The average molecular weight is 677 g/mol. The summed E-state index contributed by atoms with van der Waals surface area (Å²) in [5, 5.41) is 22.5. The van der Waals surface area contributed by atoms with Gasteiger partial charge < -0.3 is 42.4 Å². The second-order valence-corrected chi connectivity index (χ2v) is 12.9. The number of carboxylic acids is 1. The molecular formula is C28H36N8O8S2. The van der Waals surface area contributed by atoms with Crippen LogP contribution in [0.5, 0.6) is 0 Å². The molecule has 5 atom stereocenters. The highest BCUT2D eigenvalue weighted by Gasteiger charge is 2.33. The van der Waals surface area contributed by atoms with Crippen molar-refractivity contribution in [1.29, 1.82) is 0 Å². The van der Waals surface area contributed by atoms with Gasteiger partial charge >= 0.3 is 5.97 Å². The second-order valence-electron chi connectivity index (χ2n) is 10.4. The van der Waals surface area contributed by atoms with Crippen LogP contribution in [-0.2, 0) is 46.4 Å². The fourth-order valence-electron chi connectivity index (χ4n) is 4.36. The standard InChI is InChI=1S/C28H36N8O8S2/c1-15(37)32-21-12-45-46-13-22(27(42)33-18(28(43)44)7-8-23(29)38)36-25(40)20(10-17-11-30-14-31-17)35-24(39)19(34-26(21)41)9-16-5-3-2-4-6-16/h2-6,11,14,18-22H,7-10,12-13H2,1H3,(H2,29,38)(H,30,31)(H,32,37)(H,33,42)(H,34,41)(H,35,39)(H,36,40)(H,43,44)/t18-,19-,20-,21-,22-/m0/s1. The molecule has 1 aromatic carbocycles. The molecule has 1 aromatic heterocycles. The van der Waals surface area contributed by atoms with E-state index in [-0.39, 0.29) is 37.2 Å². The lowest BCUT2D eigenvalue weighted by molar-refractivity contribution is -0.142. The van der Waals surface area contributed by atoms with Crippen LogP contribution in [0.2, 0.25) is 0 Å². The summed E-state index contributed by atoms with van der Waals surface area (Å²) in [5.74, 6) is -5.60. The monoisotopic (exact) mass is 676 g/mol. The number of H-pyrrole nitrogens is 1. The predicted molar refractivity (Wildman–Crippen MR) is 169 cm³/mol. The van der Waals surface area contributed by atoms with Crippen molar-refractivity contribution >= 4 is 63.0 Å². The van der Waals surface area contributed by atoms with Crippen molar-refractivity contribution in [2.24, 2.45) is 5.73 Å². The third kappa shape index (κ3) is 11.7. The van der Waals surface area contributed by atoms with E-state index < -0.39 is 71.6 Å². The van der Waals surface area contributed by atoms with Gasteiger partial charge in [0.05, 0.1) is 6.33 Å². The molecule has 46 heavy (non-hydrogen) atoms. The lowest BCUT2D eigenvalue weighted by Gasteiger charge is -2.27. The Hall–Kier alpha value is -4.58. The van der Waals surface area contributed by atoms with Gasteiger partial charge in [0.1, 0.15) is 30.2 Å². The van der Waals surface area contributed by atoms with E-state index in [9.17, 15) is 38.7 Å². The van der Waals surface area contributed by atoms with Crippen molar-refractivity contribution in [3.8, 4) is 0 Å². The van der Waals surface area contributed by atoms with Gasteiger partial charge in [0.15, 0.2) is 0 Å². The molecule has 9 N–H and O–H groups in total. The summed E-state index contributed by atoms with van der Waals surface area (Å²) < 4.78 is 0. The minimum atomic E-state index is -1.46. The number of hydrogen-bond acceptors (Lipinski definition) is 10. The van der Waals surface area contributed by atoms with Crippen LogP contribution < -0.4 is 32.3 Å². The molecule has 0 spiro atoms. The van der Waals surface area contributed by atoms with Gasteiger partial charge in [0, 0.05) is 49.6 Å². The van der Waals surface area contributed by atoms with Crippen LogP contribution in [-0.4, -0.2) is 98.2 Å². The van der Waals surface area contributed by atoms with Crippen molar-refractivity contribution in [2.75, 3.05) is 11.5 Å². The number of aromatic nitrogens is 2. The van der Waals surface area contributed by atoms with E-state index in [0.29, 0.717) is 5.69 Å². The molecule has 1 saturated heterocycles. The van der Waals surface area contributed by atoms with E-state index in [1.165, 1.54) is 19.4 Å². The fourth-order valence-corrected chi connectivity index (χ4v) is 6.69. The van der Waals surface area contributed by atoms with Crippen LogP contribution >= 0.6 is 21.6 Å². The summed E-state index contributed by atoms with van der Waals surface area (Å²) in [6, 6.07) is 2.68. The third-order valence-electron chi connectivity index (χ3n) is 6.70. The first-order chi connectivity index (χ1) is 21.9. The minimum Gasteiger partial charge on any atom is -0.480 e. The molecule has 16 nitrogen and oxygen atoms in total. The number of amides is 6. The summed E-state index contributed by atoms with van der Waals surface area (Å²) >= 11 is 0. The number of carbonyl (C=O) groups excluding carboxylic acids is 6. The van der Waals surface area contributed by atoms with Crippen LogP contribution in [0.25, 0.3) is 0 Å². The molecule has 1 aliphatic heterocycles. The van der Waals surface area contributed by atoms with Crippen molar-refractivity contribution in [1.82, 2.24) is 36.6 Å². The average Bonchev–Trinajstić information content (AvgIpc) is 3.52. The highest BCUT2D eigenvalue weighted by atomic mass is 33.1. The smallest absolute Gasteiger partial charge is 0.326 e. The normalized spacial score (nSPS) is 21.8. The Morgan fingerprint density at radius 2 is 1.63 bits per heavy atom. The van der Waals surface area contributed by atoms with Gasteiger partial charge in [0.25, 0.3) is 0 Å². The summed E-state index contributed by atoms with van der Waals surface area (Å²) in [7, 11) is 2.22. The summed E-state index contributed by atoms with van der Waals surface area (Å²) in [6.07, 6.45) is 2.28. The number of imidazole rings is 1. The second kappa shape index (κ2) is 17.8. The lowest BCUT2D eigenvalue weighted by atomic mass is 10.0. The van der Waals surface area contributed by atoms with E-state index in [1.54, 1.807) is 30.3 Å². The maximum absolute atomic E-state index is 13.7. The highest BCUT2D eigenvalue weighted by Crippen LogP contribution is 2.24. The number of carbonyl (C=O) groups is 7. The van der Waals surface area contributed by atoms with Gasteiger partial charge in [0.2, 0.25) is 35.4 Å². The Bertz CT molecular complexity index is 1400. The zero-order valence-corrected chi connectivity index (χ0v) is 26.4. The van der Waals surface area contributed by atoms with Crippen molar-refractivity contribution in [3.63, 3.8) is 0 Å². The number of benzene rings is 1. The maximum atomic E-state index is 13.7. The number of nitrogens with one attached hydrogen (secondary N) is 6. The van der Waals surface area contributed by atoms with Crippen molar-refractivity contribution < 1.29 is 38.7 Å². The van der Waals surface area contributed by atoms with Gasteiger partial charge in [-0.15, -0.1) is 0 Å². The number of nitrogens with zero attached hydrogens (tertiary/aromatic N) is 1. The molecule has 1 aliphatic rings. The largest absolute Gasteiger partial charge is 0.480 e. The molecule has 2 aromatic rings. The van der Waals surface area contributed by atoms with E-state index >= 15 is 0 Å². The number of primary amides is 1. The number of hydrogen-bond donors (Lipinski definition) is 8. The van der Waals surface area contributed by atoms with E-state index in [4.69, 9.17) is 5.73 Å². The van der Waals surface area contributed by atoms with Crippen LogP contribution in [0.3, 0.4) is 0 Å². The summed E-state index contributed by atoms with van der Waals surface area (Å²) in [5.41, 5.74) is 6.34. The molecule has 0 saturated carbocycles. The Morgan fingerprint density at radius 1 is 0.978 bits per heavy atom. The number of rotatable bonds is 11. The van der Waals surface area contributed by atoms with Gasteiger partial charge in [-0.1, -0.05) is 51.9 Å². The molecule has 18 heteroatoms. The Morgan fingerprint density at radius 3 is 2.26 bits per heavy atom. The predicted octanol–water partition coefficient (Wildman–Crippen LogP) is -1.62. The SMILES string of the molecule is CC(=O)N[C@H]1CSSC[C@@H](C(=O)N[C@@H](CCC(N)=O)C(=O)O)NC(=O)[C@H](Cc2cnc[nH]2)NC(=O)[C@H](Cc2ccccc2)NC1=O. The third-order valence-corrected chi connectivity index (χ3v) is 9.12. The van der Waals surface area contributed by atoms with Gasteiger partial charge in [-0.05, 0) is 12.0 Å². The molecule has 0 radical (unpaired) electrons. The van der Waals surface area contributed by atoms with Crippen LogP contribution in [0.4, 0.5) is 0 Å². The molecule has 0 aliphatic carbocycles. The fraction of sp³-hybridized carbons (Fsp3) is 0.429. The van der Waals surface area contributed by atoms with Gasteiger partial charge in [-0.25, -0.2) is 9.78 Å². The number of carboxylic acid groups (broad SMARTS) is 1. The van der Waals surface area contributed by atoms with Crippen molar-refractivity contribution in [2.45, 2.75) is 62.8 Å². The number of nitrogens with two attached hydrogens (primary N) is 1. The Labute approximate surface area is 272 Å². The molecule has 0 unspecified atom stereocenters. The molecular weight excluding hydrogens is 640 g/mol. The van der Waals surface area contributed by atoms with Crippen molar-refractivity contribution in [3.05, 3.63) is 54.1 Å². The summed E-state index contributed by atoms with van der Waals surface area (Å²) in [6.45, 7) is 1.25. The topological polar surface area (TPSA) is 255 Å². The molecule has 0 bridgehead atoms. The molecule has 6 amide bonds. The van der Waals surface area contributed by atoms with E-state index in [2.05, 4.69) is 36.6 Å². The highest BCUT2D eigenvalue weighted by molar-refractivity contribution is 8.76. The first-order valence-corrected chi connectivity index (χ1v) is 16.7. The Kier molecular flexibility index (Phi) is 13.9. The Balaban J connectivity index is 1.94. The first kappa shape index (κ1) is 35.9. The summed E-state index contributed by atoms with van der Waals surface area (Å²) in [4.78, 5) is 95.7. The quantitative estimate of drug-likeness (QED) is 0.126. The molecule has 1 fully saturated rings. The number of aliphatic carboxylic acids is 1. The molecule has 2 heterocycles.